The summed E-state index contributed by atoms with van der Waals surface area (Å²) in [5, 5.41) is 0.266. The first-order valence-electron chi connectivity index (χ1n) is 7.06. The van der Waals surface area contributed by atoms with Gasteiger partial charge in [-0.1, -0.05) is 19.9 Å². The van der Waals surface area contributed by atoms with Gasteiger partial charge in [-0.15, -0.1) is 11.6 Å². The molecule has 1 saturated carbocycles. The van der Waals surface area contributed by atoms with Gasteiger partial charge in [0.25, 0.3) is 0 Å². The molecule has 0 amide bonds. The summed E-state index contributed by atoms with van der Waals surface area (Å²) in [4.78, 5) is 0. The van der Waals surface area contributed by atoms with E-state index in [0.29, 0.717) is 0 Å². The first-order chi connectivity index (χ1) is 8.63. The van der Waals surface area contributed by atoms with Gasteiger partial charge in [-0.05, 0) is 48.9 Å². The number of alkyl halides is 1. The van der Waals surface area contributed by atoms with E-state index in [-0.39, 0.29) is 16.9 Å². The number of hydrogen-bond donors (Lipinski definition) is 0. The smallest absolute Gasteiger partial charge is 0.120 e. The Morgan fingerprint density at radius 3 is 2.83 bits per heavy atom. The van der Waals surface area contributed by atoms with Gasteiger partial charge >= 0.3 is 0 Å². The Balaban J connectivity index is 1.74. The van der Waals surface area contributed by atoms with Crippen molar-refractivity contribution in [1.29, 1.82) is 0 Å². The number of ether oxygens (including phenoxy) is 1. The van der Waals surface area contributed by atoms with E-state index in [0.717, 1.165) is 18.6 Å². The van der Waals surface area contributed by atoms with Crippen LogP contribution in [0.5, 0.6) is 5.75 Å². The van der Waals surface area contributed by atoms with E-state index in [2.05, 4.69) is 32.0 Å². The van der Waals surface area contributed by atoms with Crippen molar-refractivity contribution in [1.82, 2.24) is 0 Å². The van der Waals surface area contributed by atoms with Crippen molar-refractivity contribution in [3.8, 4) is 5.75 Å². The summed E-state index contributed by atoms with van der Waals surface area (Å²) >= 11 is 6.33. The van der Waals surface area contributed by atoms with Gasteiger partial charge in [0.1, 0.15) is 11.9 Å². The molecular weight excluding hydrogens is 244 g/mol. The molecule has 2 aliphatic rings. The zero-order valence-electron chi connectivity index (χ0n) is 11.2. The summed E-state index contributed by atoms with van der Waals surface area (Å²) in [5.41, 5.74) is 3.12. The Hall–Kier alpha value is -0.690. The summed E-state index contributed by atoms with van der Waals surface area (Å²) < 4.78 is 6.17. The molecule has 1 aromatic rings. The molecule has 2 aliphatic carbocycles. The van der Waals surface area contributed by atoms with Crippen LogP contribution in [0.15, 0.2) is 18.2 Å². The van der Waals surface area contributed by atoms with Crippen molar-refractivity contribution in [3.63, 3.8) is 0 Å². The molecule has 0 spiro atoms. The summed E-state index contributed by atoms with van der Waals surface area (Å²) in [6.07, 6.45) is 6.07. The highest BCUT2D eigenvalue weighted by atomic mass is 35.5. The summed E-state index contributed by atoms with van der Waals surface area (Å²) in [5.74, 6) is 1.03. The molecule has 98 valence electrons. The van der Waals surface area contributed by atoms with Crippen LogP contribution in [0.4, 0.5) is 0 Å². The van der Waals surface area contributed by atoms with Gasteiger partial charge in [0.2, 0.25) is 0 Å². The lowest BCUT2D eigenvalue weighted by molar-refractivity contribution is -0.0295. The Morgan fingerprint density at radius 2 is 2.11 bits per heavy atom. The summed E-state index contributed by atoms with van der Waals surface area (Å²) in [6.45, 7) is 4.44. The van der Waals surface area contributed by atoms with Gasteiger partial charge in [0.15, 0.2) is 0 Å². The first-order valence-corrected chi connectivity index (χ1v) is 7.49. The minimum absolute atomic E-state index is 0.139. The molecule has 0 saturated heterocycles. The predicted molar refractivity (Wildman–Crippen MR) is 75.5 cm³/mol. The van der Waals surface area contributed by atoms with Crippen molar-refractivity contribution >= 4 is 11.6 Å². The fraction of sp³-hybridized carbons (Fsp3) is 0.625. The molecule has 1 fully saturated rings. The van der Waals surface area contributed by atoms with E-state index in [1.165, 1.54) is 30.4 Å². The van der Waals surface area contributed by atoms with Crippen LogP contribution < -0.4 is 4.74 Å². The van der Waals surface area contributed by atoms with Crippen LogP contribution in [0.25, 0.3) is 0 Å². The van der Waals surface area contributed by atoms with Crippen LogP contribution in [0, 0.1) is 5.41 Å². The SMILES string of the molecule is CCC1(C)C(Cl)CC1Oc1ccc2c(c1)CCC2. The lowest BCUT2D eigenvalue weighted by Crippen LogP contribution is -2.55. The third kappa shape index (κ3) is 1.84. The maximum atomic E-state index is 6.33. The van der Waals surface area contributed by atoms with Gasteiger partial charge in [-0.2, -0.15) is 0 Å². The van der Waals surface area contributed by atoms with Crippen LogP contribution in [-0.4, -0.2) is 11.5 Å². The largest absolute Gasteiger partial charge is 0.490 e. The molecule has 0 aromatic heterocycles. The number of hydrogen-bond acceptors (Lipinski definition) is 1. The second kappa shape index (κ2) is 4.45. The second-order valence-corrected chi connectivity index (χ2v) is 6.48. The molecule has 3 atom stereocenters. The fourth-order valence-electron chi connectivity index (χ4n) is 3.19. The molecular formula is C16H21ClO. The van der Waals surface area contributed by atoms with Gasteiger partial charge in [0, 0.05) is 17.2 Å². The average molecular weight is 265 g/mol. The van der Waals surface area contributed by atoms with Gasteiger partial charge < -0.3 is 4.74 Å². The fourth-order valence-corrected chi connectivity index (χ4v) is 3.64. The maximum absolute atomic E-state index is 6.33. The number of fused-ring (bicyclic) bond motifs is 1. The molecule has 18 heavy (non-hydrogen) atoms. The topological polar surface area (TPSA) is 9.23 Å². The van der Waals surface area contributed by atoms with Crippen LogP contribution in [0.3, 0.4) is 0 Å². The highest BCUT2D eigenvalue weighted by molar-refractivity contribution is 6.21. The second-order valence-electron chi connectivity index (χ2n) is 5.95. The zero-order valence-corrected chi connectivity index (χ0v) is 12.0. The first kappa shape index (κ1) is 12.3. The lowest BCUT2D eigenvalue weighted by atomic mass is 9.65. The number of benzene rings is 1. The van der Waals surface area contributed by atoms with Crippen LogP contribution in [-0.2, 0) is 12.8 Å². The highest BCUT2D eigenvalue weighted by Crippen LogP contribution is 2.49. The third-order valence-electron chi connectivity index (χ3n) is 4.98. The molecule has 1 aromatic carbocycles. The van der Waals surface area contributed by atoms with Crippen molar-refractivity contribution in [2.45, 2.75) is 57.4 Å². The number of aryl methyl sites for hydroxylation is 2. The average Bonchev–Trinajstić information content (AvgIpc) is 2.84. The Bertz CT molecular complexity index is 456. The predicted octanol–water partition coefficient (Wildman–Crippen LogP) is 4.35. The van der Waals surface area contributed by atoms with E-state index in [4.69, 9.17) is 16.3 Å². The molecule has 0 heterocycles. The Labute approximate surface area is 114 Å². The van der Waals surface area contributed by atoms with Crippen molar-refractivity contribution in [2.24, 2.45) is 5.41 Å². The normalized spacial score (nSPS) is 33.9. The Kier molecular flexibility index (Phi) is 3.05. The zero-order chi connectivity index (χ0) is 12.8. The molecule has 3 unspecified atom stereocenters. The minimum Gasteiger partial charge on any atom is -0.490 e. The van der Waals surface area contributed by atoms with Crippen molar-refractivity contribution < 1.29 is 4.74 Å². The van der Waals surface area contributed by atoms with E-state index in [9.17, 15) is 0 Å². The van der Waals surface area contributed by atoms with Crippen molar-refractivity contribution in [3.05, 3.63) is 29.3 Å². The number of halogens is 1. The molecule has 0 bridgehead atoms. The van der Waals surface area contributed by atoms with E-state index < -0.39 is 0 Å². The molecule has 1 nitrogen and oxygen atoms in total. The molecule has 2 heteroatoms. The van der Waals surface area contributed by atoms with E-state index in [1.54, 1.807) is 0 Å². The van der Waals surface area contributed by atoms with E-state index in [1.807, 2.05) is 0 Å². The van der Waals surface area contributed by atoms with Crippen LogP contribution >= 0.6 is 11.6 Å². The quantitative estimate of drug-likeness (QED) is 0.738. The van der Waals surface area contributed by atoms with Crippen LogP contribution in [0.2, 0.25) is 0 Å². The standard InChI is InChI=1S/C16H21ClO/c1-3-16(2)14(17)10-15(16)18-13-8-7-11-5-4-6-12(11)9-13/h7-9,14-15H,3-6,10H2,1-2H3. The van der Waals surface area contributed by atoms with Gasteiger partial charge in [-0.3, -0.25) is 0 Å². The summed E-state index contributed by atoms with van der Waals surface area (Å²) in [6, 6.07) is 6.60. The van der Waals surface area contributed by atoms with Crippen LogP contribution in [0.1, 0.15) is 44.2 Å². The van der Waals surface area contributed by atoms with E-state index >= 15 is 0 Å². The highest BCUT2D eigenvalue weighted by Gasteiger charge is 2.51. The molecule has 0 N–H and O–H groups in total. The molecule has 0 radical (unpaired) electrons. The number of rotatable bonds is 3. The third-order valence-corrected chi connectivity index (χ3v) is 5.66. The van der Waals surface area contributed by atoms with Crippen molar-refractivity contribution in [2.75, 3.05) is 0 Å². The monoisotopic (exact) mass is 264 g/mol. The van der Waals surface area contributed by atoms with Gasteiger partial charge in [0.05, 0.1) is 0 Å². The lowest BCUT2D eigenvalue weighted by Gasteiger charge is -2.50. The summed E-state index contributed by atoms with van der Waals surface area (Å²) in [7, 11) is 0. The Morgan fingerprint density at radius 1 is 1.33 bits per heavy atom. The minimum atomic E-state index is 0.139. The maximum Gasteiger partial charge on any atom is 0.120 e. The molecule has 3 rings (SSSR count). The molecule has 0 aliphatic heterocycles. The van der Waals surface area contributed by atoms with Gasteiger partial charge in [-0.25, -0.2) is 0 Å².